The molecule has 0 fully saturated rings. The van der Waals surface area contributed by atoms with E-state index in [0.29, 0.717) is 19.3 Å². The zero-order valence-corrected chi connectivity index (χ0v) is 46.9. The molecule has 0 aromatic rings. The van der Waals surface area contributed by atoms with Crippen LogP contribution in [0, 0.1) is 0 Å². The highest BCUT2D eigenvalue weighted by atomic mass is 16.6. The predicted octanol–water partition coefficient (Wildman–Crippen LogP) is 20.3. The molecule has 0 saturated carbocycles. The zero-order chi connectivity index (χ0) is 52.2. The number of unbranched alkanes of at least 4 members (excludes halogenated alkanes) is 24. The summed E-state index contributed by atoms with van der Waals surface area (Å²) in [6.45, 7) is 6.42. The van der Waals surface area contributed by atoms with Gasteiger partial charge < -0.3 is 14.2 Å². The lowest BCUT2D eigenvalue weighted by atomic mass is 10.1. The van der Waals surface area contributed by atoms with E-state index >= 15 is 0 Å². The Kier molecular flexibility index (Phi) is 56.4. The van der Waals surface area contributed by atoms with Crippen molar-refractivity contribution in [2.24, 2.45) is 0 Å². The fraction of sp³-hybridized carbons (Fsp3) is 0.682. The summed E-state index contributed by atoms with van der Waals surface area (Å²) in [6, 6.07) is 0. The van der Waals surface area contributed by atoms with Crippen molar-refractivity contribution in [2.75, 3.05) is 13.2 Å². The highest BCUT2D eigenvalue weighted by molar-refractivity contribution is 5.71. The molecule has 0 saturated heterocycles. The second-order valence-electron chi connectivity index (χ2n) is 19.5. The SMILES string of the molecule is CC/C=C\C/C=C\C/C=C\C/C=C\C/C=C\CCCCCCCCCCCC(=O)OCC(COC(=O)CCCCCCC/C=C\CCC)OC(=O)CCCCCCCC/C=C\C/C=C\C/C=C\CCCCC. The number of esters is 3. The smallest absolute Gasteiger partial charge is 0.306 e. The largest absolute Gasteiger partial charge is 0.462 e. The summed E-state index contributed by atoms with van der Waals surface area (Å²) in [7, 11) is 0. The summed E-state index contributed by atoms with van der Waals surface area (Å²) in [5, 5.41) is 0. The first-order chi connectivity index (χ1) is 35.5. The Balaban J connectivity index is 4.32. The van der Waals surface area contributed by atoms with Crippen LogP contribution < -0.4 is 0 Å². The Hall–Kier alpha value is -3.93. The number of carbonyl (C=O) groups excluding carboxylic acids is 3. The van der Waals surface area contributed by atoms with Gasteiger partial charge in [0.1, 0.15) is 13.2 Å². The van der Waals surface area contributed by atoms with E-state index in [4.69, 9.17) is 14.2 Å². The first kappa shape index (κ1) is 68.1. The van der Waals surface area contributed by atoms with Crippen molar-refractivity contribution in [3.63, 3.8) is 0 Å². The maximum Gasteiger partial charge on any atom is 0.306 e. The molecule has 0 aliphatic rings. The standard InChI is InChI=1S/C66H110O6/c1-4-7-10-13-16-19-22-24-26-28-30-31-32-33-34-35-37-38-40-42-44-47-50-53-56-59-65(68)71-62-63(61-70-64(67)58-55-52-49-46-21-18-15-12-9-6-3)72-66(69)60-57-54-51-48-45-43-41-39-36-29-27-25-23-20-17-14-11-8-5-2/h7,10,12,15-17,19-20,24-27,30-31,33-34,36,39,63H,4-6,8-9,11,13-14,18,21-23,28-29,32,35,37-38,40-62H2,1-3H3/b10-7-,15-12-,19-16-,20-17-,26-24-,27-25-,31-30-,34-33-,39-36-. The molecule has 0 aromatic heterocycles. The Morgan fingerprint density at radius 3 is 0.917 bits per heavy atom. The molecule has 0 rings (SSSR count). The van der Waals surface area contributed by atoms with E-state index in [0.717, 1.165) is 141 Å². The molecule has 1 atom stereocenters. The minimum absolute atomic E-state index is 0.0904. The summed E-state index contributed by atoms with van der Waals surface area (Å²) >= 11 is 0. The van der Waals surface area contributed by atoms with Crippen LogP contribution in [0.5, 0.6) is 0 Å². The molecular formula is C66H110O6. The van der Waals surface area contributed by atoms with E-state index in [1.54, 1.807) is 0 Å². The third kappa shape index (κ3) is 57.0. The lowest BCUT2D eigenvalue weighted by molar-refractivity contribution is -0.167. The van der Waals surface area contributed by atoms with E-state index in [-0.39, 0.29) is 31.1 Å². The molecule has 0 amide bonds. The van der Waals surface area contributed by atoms with Crippen LogP contribution in [0.2, 0.25) is 0 Å². The molecule has 72 heavy (non-hydrogen) atoms. The maximum absolute atomic E-state index is 12.9. The molecule has 0 N–H and O–H groups in total. The summed E-state index contributed by atoms with van der Waals surface area (Å²) < 4.78 is 16.8. The molecule has 6 heteroatoms. The van der Waals surface area contributed by atoms with Gasteiger partial charge in [0.25, 0.3) is 0 Å². The molecule has 0 spiro atoms. The van der Waals surface area contributed by atoms with Crippen molar-refractivity contribution in [1.82, 2.24) is 0 Å². The Bertz CT molecular complexity index is 1470. The fourth-order valence-corrected chi connectivity index (χ4v) is 8.01. The van der Waals surface area contributed by atoms with Gasteiger partial charge in [-0.3, -0.25) is 14.4 Å². The average molecular weight is 1000 g/mol. The molecule has 0 aliphatic heterocycles. The second-order valence-corrected chi connectivity index (χ2v) is 19.5. The lowest BCUT2D eigenvalue weighted by Gasteiger charge is -2.18. The number of hydrogen-bond donors (Lipinski definition) is 0. The molecule has 0 heterocycles. The van der Waals surface area contributed by atoms with Crippen LogP contribution in [0.15, 0.2) is 109 Å². The highest BCUT2D eigenvalue weighted by Gasteiger charge is 2.19. The van der Waals surface area contributed by atoms with E-state index in [1.165, 1.54) is 89.9 Å². The Morgan fingerprint density at radius 1 is 0.292 bits per heavy atom. The van der Waals surface area contributed by atoms with E-state index in [1.807, 2.05) is 0 Å². The van der Waals surface area contributed by atoms with Gasteiger partial charge in [0, 0.05) is 19.3 Å². The van der Waals surface area contributed by atoms with E-state index < -0.39 is 6.10 Å². The van der Waals surface area contributed by atoms with Crippen molar-refractivity contribution in [1.29, 1.82) is 0 Å². The summed E-state index contributed by atoms with van der Waals surface area (Å²) in [5.74, 6) is -0.918. The third-order valence-corrected chi connectivity index (χ3v) is 12.5. The molecular weight excluding hydrogens is 889 g/mol. The Morgan fingerprint density at radius 2 is 0.569 bits per heavy atom. The fourth-order valence-electron chi connectivity index (χ4n) is 8.01. The molecule has 0 aliphatic carbocycles. The van der Waals surface area contributed by atoms with Gasteiger partial charge in [-0.15, -0.1) is 0 Å². The summed E-state index contributed by atoms with van der Waals surface area (Å²) in [5.41, 5.74) is 0. The maximum atomic E-state index is 12.9. The van der Waals surface area contributed by atoms with Crippen LogP contribution in [-0.4, -0.2) is 37.2 Å². The van der Waals surface area contributed by atoms with Crippen molar-refractivity contribution < 1.29 is 28.6 Å². The Labute approximate surface area is 444 Å². The summed E-state index contributed by atoms with van der Waals surface area (Å²) in [6.07, 6.45) is 80.9. The number of hydrogen-bond acceptors (Lipinski definition) is 6. The lowest BCUT2D eigenvalue weighted by Crippen LogP contribution is -2.30. The van der Waals surface area contributed by atoms with Crippen molar-refractivity contribution in [3.8, 4) is 0 Å². The average Bonchev–Trinajstić information content (AvgIpc) is 3.38. The van der Waals surface area contributed by atoms with Crippen molar-refractivity contribution in [3.05, 3.63) is 109 Å². The zero-order valence-electron chi connectivity index (χ0n) is 46.9. The van der Waals surface area contributed by atoms with Gasteiger partial charge in [-0.2, -0.15) is 0 Å². The second kappa shape index (κ2) is 59.6. The molecule has 0 aromatic carbocycles. The molecule has 0 radical (unpaired) electrons. The molecule has 1 unspecified atom stereocenters. The van der Waals surface area contributed by atoms with Gasteiger partial charge in [-0.05, 0) is 122 Å². The van der Waals surface area contributed by atoms with E-state index in [9.17, 15) is 14.4 Å². The van der Waals surface area contributed by atoms with Crippen LogP contribution >= 0.6 is 0 Å². The minimum Gasteiger partial charge on any atom is -0.462 e. The van der Waals surface area contributed by atoms with Gasteiger partial charge in [0.15, 0.2) is 6.10 Å². The van der Waals surface area contributed by atoms with Crippen LogP contribution in [0.25, 0.3) is 0 Å². The van der Waals surface area contributed by atoms with Crippen LogP contribution in [-0.2, 0) is 28.6 Å². The van der Waals surface area contributed by atoms with Crippen LogP contribution in [0.4, 0.5) is 0 Å². The molecule has 0 bridgehead atoms. The minimum atomic E-state index is -0.793. The predicted molar refractivity (Wildman–Crippen MR) is 311 cm³/mol. The monoisotopic (exact) mass is 999 g/mol. The van der Waals surface area contributed by atoms with Gasteiger partial charge in [0.05, 0.1) is 0 Å². The topological polar surface area (TPSA) is 78.9 Å². The highest BCUT2D eigenvalue weighted by Crippen LogP contribution is 2.15. The molecule has 410 valence electrons. The number of ether oxygens (including phenoxy) is 3. The number of rotatable bonds is 53. The van der Waals surface area contributed by atoms with E-state index in [2.05, 4.69) is 130 Å². The summed E-state index contributed by atoms with van der Waals surface area (Å²) in [4.78, 5) is 38.1. The number of allylic oxidation sites excluding steroid dienone is 18. The first-order valence-corrected chi connectivity index (χ1v) is 29.9. The van der Waals surface area contributed by atoms with Crippen LogP contribution in [0.1, 0.15) is 271 Å². The van der Waals surface area contributed by atoms with Gasteiger partial charge in [0.2, 0.25) is 0 Å². The van der Waals surface area contributed by atoms with Gasteiger partial charge >= 0.3 is 17.9 Å². The number of carbonyl (C=O) groups is 3. The normalized spacial score (nSPS) is 12.9. The molecule has 6 nitrogen and oxygen atoms in total. The quantitative estimate of drug-likeness (QED) is 0.0261. The van der Waals surface area contributed by atoms with Gasteiger partial charge in [-0.1, -0.05) is 239 Å². The third-order valence-electron chi connectivity index (χ3n) is 12.5. The first-order valence-electron chi connectivity index (χ1n) is 29.9. The van der Waals surface area contributed by atoms with Gasteiger partial charge in [-0.25, -0.2) is 0 Å². The van der Waals surface area contributed by atoms with Crippen LogP contribution in [0.3, 0.4) is 0 Å². The van der Waals surface area contributed by atoms with Crippen molar-refractivity contribution >= 4 is 17.9 Å². The van der Waals surface area contributed by atoms with Crippen molar-refractivity contribution in [2.45, 2.75) is 277 Å².